The van der Waals surface area contributed by atoms with Crippen LogP contribution in [0.4, 0.5) is 5.95 Å². The minimum Gasteiger partial charge on any atom is -0.339 e. The molecule has 114 valence electrons. The largest absolute Gasteiger partial charge is 0.339 e. The summed E-state index contributed by atoms with van der Waals surface area (Å²) in [6.45, 7) is 4.80. The van der Waals surface area contributed by atoms with Gasteiger partial charge in [0.15, 0.2) is 0 Å². The number of hydrogen-bond donors (Lipinski definition) is 0. The molecular formula is C12H17ClN6OS. The Balaban J connectivity index is 0.00000161. The maximum Gasteiger partial charge on any atom is 0.267 e. The Morgan fingerprint density at radius 1 is 1.29 bits per heavy atom. The highest BCUT2D eigenvalue weighted by Crippen LogP contribution is 2.17. The molecule has 1 saturated heterocycles. The van der Waals surface area contributed by atoms with Gasteiger partial charge in [0.25, 0.3) is 5.91 Å². The quantitative estimate of drug-likeness (QED) is 0.821. The van der Waals surface area contributed by atoms with E-state index >= 15 is 0 Å². The Kier molecular flexibility index (Phi) is 4.79. The topological polar surface area (TPSA) is 67.2 Å². The zero-order valence-corrected chi connectivity index (χ0v) is 13.5. The summed E-state index contributed by atoms with van der Waals surface area (Å²) < 4.78 is 5.82. The highest BCUT2D eigenvalue weighted by molar-refractivity contribution is 7.07. The number of hydrogen-bond acceptors (Lipinski definition) is 6. The molecule has 9 heteroatoms. The molecule has 0 spiro atoms. The predicted octanol–water partition coefficient (Wildman–Crippen LogP) is 0.964. The van der Waals surface area contributed by atoms with Crippen LogP contribution in [-0.2, 0) is 7.05 Å². The first-order valence-corrected chi connectivity index (χ1v) is 7.24. The summed E-state index contributed by atoms with van der Waals surface area (Å²) in [7, 11) is 1.98. The first kappa shape index (κ1) is 15.7. The maximum atomic E-state index is 12.4. The molecule has 0 aliphatic carbocycles. The number of carbonyl (C=O) groups excluding carboxylic acids is 1. The fraction of sp³-hybridized carbons (Fsp3) is 0.500. The molecule has 1 aliphatic heterocycles. The number of aromatic nitrogens is 4. The highest BCUT2D eigenvalue weighted by atomic mass is 35.5. The summed E-state index contributed by atoms with van der Waals surface area (Å²) >= 11 is 1.17. The van der Waals surface area contributed by atoms with Gasteiger partial charge in [0.2, 0.25) is 5.95 Å². The molecule has 2 aromatic rings. The van der Waals surface area contributed by atoms with Crippen molar-refractivity contribution in [2.45, 2.75) is 6.92 Å². The van der Waals surface area contributed by atoms with Crippen molar-refractivity contribution in [3.05, 3.63) is 23.0 Å². The summed E-state index contributed by atoms with van der Waals surface area (Å²) in [5, 5.41) is 3.90. The first-order chi connectivity index (χ1) is 9.66. The van der Waals surface area contributed by atoms with Crippen LogP contribution in [0.5, 0.6) is 0 Å². The fourth-order valence-electron chi connectivity index (χ4n) is 2.34. The van der Waals surface area contributed by atoms with Crippen molar-refractivity contribution in [1.29, 1.82) is 0 Å². The third-order valence-electron chi connectivity index (χ3n) is 3.49. The molecule has 1 amide bonds. The van der Waals surface area contributed by atoms with Crippen LogP contribution in [0, 0.1) is 6.92 Å². The molecule has 0 atom stereocenters. The van der Waals surface area contributed by atoms with E-state index < -0.39 is 0 Å². The van der Waals surface area contributed by atoms with Gasteiger partial charge in [0, 0.05) is 45.6 Å². The van der Waals surface area contributed by atoms with E-state index in [2.05, 4.69) is 19.5 Å². The van der Waals surface area contributed by atoms with Crippen molar-refractivity contribution < 1.29 is 4.79 Å². The van der Waals surface area contributed by atoms with Gasteiger partial charge in [-0.3, -0.25) is 4.79 Å². The van der Waals surface area contributed by atoms with Gasteiger partial charge in [-0.2, -0.15) is 0 Å². The summed E-state index contributed by atoms with van der Waals surface area (Å²) in [5.41, 5.74) is 0.714. The average molecular weight is 329 g/mol. The van der Waals surface area contributed by atoms with E-state index in [-0.39, 0.29) is 18.3 Å². The van der Waals surface area contributed by atoms with Gasteiger partial charge >= 0.3 is 0 Å². The number of piperazine rings is 1. The number of anilines is 1. The minimum atomic E-state index is 0. The second kappa shape index (κ2) is 6.40. The zero-order chi connectivity index (χ0) is 14.1. The summed E-state index contributed by atoms with van der Waals surface area (Å²) in [5.74, 6) is 0.990. The van der Waals surface area contributed by atoms with Crippen LogP contribution in [0.2, 0.25) is 0 Å². The summed E-state index contributed by atoms with van der Waals surface area (Å²) in [6, 6.07) is 0. The Labute approximate surface area is 133 Å². The Hall–Kier alpha value is -1.67. The van der Waals surface area contributed by atoms with E-state index in [4.69, 9.17) is 0 Å². The van der Waals surface area contributed by atoms with Crippen LogP contribution in [0.15, 0.2) is 12.4 Å². The second-order valence-corrected chi connectivity index (χ2v) is 5.56. The van der Waals surface area contributed by atoms with Gasteiger partial charge in [-0.25, -0.2) is 4.98 Å². The van der Waals surface area contributed by atoms with Crippen LogP contribution in [0.1, 0.15) is 15.4 Å². The zero-order valence-electron chi connectivity index (χ0n) is 11.9. The van der Waals surface area contributed by atoms with Gasteiger partial charge in [-0.05, 0) is 18.5 Å². The van der Waals surface area contributed by atoms with Crippen LogP contribution >= 0.6 is 23.9 Å². The Bertz CT molecular complexity index is 619. The predicted molar refractivity (Wildman–Crippen MR) is 83.2 cm³/mol. The molecule has 3 rings (SSSR count). The van der Waals surface area contributed by atoms with Crippen molar-refractivity contribution in [2.24, 2.45) is 7.05 Å². The number of amides is 1. The molecule has 1 aliphatic rings. The number of rotatable bonds is 2. The van der Waals surface area contributed by atoms with Crippen LogP contribution in [0.25, 0.3) is 0 Å². The van der Waals surface area contributed by atoms with Gasteiger partial charge < -0.3 is 14.4 Å². The number of halogens is 1. The molecule has 0 saturated carbocycles. The number of imidazole rings is 1. The van der Waals surface area contributed by atoms with Crippen molar-refractivity contribution in [3.63, 3.8) is 0 Å². The minimum absolute atomic E-state index is 0. The van der Waals surface area contributed by atoms with Gasteiger partial charge in [-0.15, -0.1) is 17.5 Å². The highest BCUT2D eigenvalue weighted by Gasteiger charge is 2.26. The lowest BCUT2D eigenvalue weighted by Gasteiger charge is -2.35. The van der Waals surface area contributed by atoms with Crippen molar-refractivity contribution in [3.8, 4) is 0 Å². The molecule has 0 radical (unpaired) electrons. The molecule has 0 N–H and O–H groups in total. The van der Waals surface area contributed by atoms with Crippen LogP contribution < -0.4 is 4.90 Å². The van der Waals surface area contributed by atoms with Crippen molar-refractivity contribution in [2.75, 3.05) is 31.1 Å². The smallest absolute Gasteiger partial charge is 0.267 e. The normalized spacial score (nSPS) is 15.0. The summed E-state index contributed by atoms with van der Waals surface area (Å²) in [4.78, 5) is 21.4. The van der Waals surface area contributed by atoms with Gasteiger partial charge in [0.1, 0.15) is 4.88 Å². The lowest BCUT2D eigenvalue weighted by atomic mass is 10.3. The SMILES string of the molecule is Cc1nnsc1C(=O)N1CCN(c2nccn2C)CC1.Cl. The number of aryl methyl sites for hydroxylation is 2. The third-order valence-corrected chi connectivity index (χ3v) is 4.31. The number of nitrogens with zero attached hydrogens (tertiary/aromatic N) is 6. The lowest BCUT2D eigenvalue weighted by Crippen LogP contribution is -2.49. The van der Waals surface area contributed by atoms with E-state index in [0.29, 0.717) is 23.7 Å². The van der Waals surface area contributed by atoms with E-state index in [1.54, 1.807) is 6.20 Å². The summed E-state index contributed by atoms with van der Waals surface area (Å²) in [6.07, 6.45) is 3.72. The fourth-order valence-corrected chi connectivity index (χ4v) is 2.97. The molecule has 1 fully saturated rings. The molecule has 0 aromatic carbocycles. The molecule has 21 heavy (non-hydrogen) atoms. The monoisotopic (exact) mass is 328 g/mol. The molecule has 7 nitrogen and oxygen atoms in total. The first-order valence-electron chi connectivity index (χ1n) is 6.47. The van der Waals surface area contributed by atoms with E-state index in [0.717, 1.165) is 19.0 Å². The standard InChI is InChI=1S/C12H16N6OS.ClH/c1-9-10(20-15-14-9)11(19)17-5-7-18(8-6-17)12-13-3-4-16(12)2;/h3-4H,5-8H2,1-2H3;1H. The van der Waals surface area contributed by atoms with Crippen molar-refractivity contribution in [1.82, 2.24) is 24.0 Å². The van der Waals surface area contributed by atoms with Crippen molar-refractivity contribution >= 4 is 35.8 Å². The van der Waals surface area contributed by atoms with E-state index in [9.17, 15) is 4.79 Å². The molecule has 3 heterocycles. The van der Waals surface area contributed by atoms with E-state index in [1.807, 2.05) is 29.6 Å². The molecular weight excluding hydrogens is 312 g/mol. The van der Waals surface area contributed by atoms with Gasteiger partial charge in [-0.1, -0.05) is 4.49 Å². The average Bonchev–Trinajstić information content (AvgIpc) is 3.07. The molecule has 2 aromatic heterocycles. The lowest BCUT2D eigenvalue weighted by molar-refractivity contribution is 0.0750. The molecule has 0 bridgehead atoms. The maximum absolute atomic E-state index is 12.4. The van der Waals surface area contributed by atoms with Crippen LogP contribution in [0.3, 0.4) is 0 Å². The number of carbonyl (C=O) groups is 1. The third kappa shape index (κ3) is 3.01. The Morgan fingerprint density at radius 3 is 2.52 bits per heavy atom. The van der Waals surface area contributed by atoms with Crippen LogP contribution in [-0.4, -0.2) is 56.1 Å². The van der Waals surface area contributed by atoms with Gasteiger partial charge in [0.05, 0.1) is 5.69 Å². The second-order valence-electron chi connectivity index (χ2n) is 4.80. The van der Waals surface area contributed by atoms with E-state index in [1.165, 1.54) is 11.5 Å². The Morgan fingerprint density at radius 2 is 2.00 bits per heavy atom. The molecule has 0 unspecified atom stereocenters.